The molecular formula is C60H61N3. The number of aromatic nitrogens is 2. The van der Waals surface area contributed by atoms with Crippen LogP contribution in [0.25, 0.3) is 76.2 Å². The fourth-order valence-corrected chi connectivity index (χ4v) is 10.8. The normalized spacial score (nSPS) is 13.3. The number of benzene rings is 7. The molecule has 316 valence electrons. The lowest BCUT2D eigenvalue weighted by atomic mass is 9.84. The first kappa shape index (κ1) is 39.8. The second-order valence-corrected chi connectivity index (χ2v) is 22.3. The molecule has 0 bridgehead atoms. The van der Waals surface area contributed by atoms with E-state index in [2.05, 4.69) is 215 Å². The van der Waals surface area contributed by atoms with Gasteiger partial charge in [-0.3, -0.25) is 0 Å². The van der Waals surface area contributed by atoms with Crippen LogP contribution in [0.1, 0.15) is 112 Å². The van der Waals surface area contributed by atoms with E-state index in [1.54, 1.807) is 0 Å². The molecule has 0 aliphatic rings. The fourth-order valence-electron chi connectivity index (χ4n) is 10.8. The van der Waals surface area contributed by atoms with Crippen molar-refractivity contribution in [2.45, 2.75) is 120 Å². The van der Waals surface area contributed by atoms with Gasteiger partial charge >= 0.3 is 0 Å². The maximum Gasteiger partial charge on any atom is 0.0620 e. The van der Waals surface area contributed by atoms with Crippen LogP contribution in [-0.2, 0) is 16.2 Å². The molecule has 63 heavy (non-hydrogen) atoms. The average molecular weight is 824 g/mol. The number of nitrogens with zero attached hydrogens (tertiary/aromatic N) is 3. The lowest BCUT2D eigenvalue weighted by Gasteiger charge is -2.28. The Balaban J connectivity index is 1.28. The van der Waals surface area contributed by atoms with Gasteiger partial charge < -0.3 is 13.7 Å². The zero-order valence-corrected chi connectivity index (χ0v) is 40.1. The smallest absolute Gasteiger partial charge is 0.0620 e. The van der Waals surface area contributed by atoms with Crippen LogP contribution in [0.3, 0.4) is 0 Å². The minimum absolute atomic E-state index is 0.00600. The Labute approximate surface area is 372 Å². The second-order valence-electron chi connectivity index (χ2n) is 22.3. The molecule has 0 saturated heterocycles. The number of anilines is 3. The Bertz CT molecular complexity index is 3630. The van der Waals surface area contributed by atoms with Crippen LogP contribution >= 0.6 is 0 Å². The summed E-state index contributed by atoms with van der Waals surface area (Å²) >= 11 is 0. The molecule has 11 aromatic rings. The molecule has 0 radical (unpaired) electrons. The van der Waals surface area contributed by atoms with E-state index in [1.807, 2.05) is 0 Å². The third kappa shape index (κ3) is 5.64. The molecule has 3 heteroatoms. The van der Waals surface area contributed by atoms with Crippen LogP contribution in [-0.4, -0.2) is 8.80 Å². The van der Waals surface area contributed by atoms with Gasteiger partial charge in [-0.15, -0.1) is 0 Å². The van der Waals surface area contributed by atoms with Gasteiger partial charge in [-0.25, -0.2) is 0 Å². The third-order valence-electron chi connectivity index (χ3n) is 15.1. The summed E-state index contributed by atoms with van der Waals surface area (Å²) < 4.78 is 5.19. The predicted octanol–water partition coefficient (Wildman–Crippen LogP) is 17.2. The quantitative estimate of drug-likeness (QED) is 0.173. The molecule has 4 heterocycles. The molecule has 0 unspecified atom stereocenters. The van der Waals surface area contributed by atoms with Crippen LogP contribution in [0, 0.1) is 41.5 Å². The van der Waals surface area contributed by atoms with Gasteiger partial charge in [0.2, 0.25) is 0 Å². The Morgan fingerprint density at radius 3 is 1.11 bits per heavy atom. The minimum Gasteiger partial charge on any atom is -0.310 e. The molecule has 0 amide bonds. The molecule has 0 aliphatic heterocycles. The highest BCUT2D eigenvalue weighted by atomic mass is 15.1. The highest BCUT2D eigenvalue weighted by molar-refractivity contribution is 6.29. The zero-order valence-electron chi connectivity index (χ0n) is 40.1. The van der Waals surface area contributed by atoms with E-state index in [-0.39, 0.29) is 16.2 Å². The molecule has 0 fully saturated rings. The summed E-state index contributed by atoms with van der Waals surface area (Å²) in [4.78, 5) is 2.49. The van der Waals surface area contributed by atoms with E-state index in [0.29, 0.717) is 0 Å². The summed E-state index contributed by atoms with van der Waals surface area (Å²) in [6, 6.07) is 38.9. The van der Waals surface area contributed by atoms with Crippen LogP contribution in [0.4, 0.5) is 17.1 Å². The van der Waals surface area contributed by atoms with Gasteiger partial charge in [0.1, 0.15) is 0 Å². The molecule has 0 spiro atoms. The van der Waals surface area contributed by atoms with Crippen molar-refractivity contribution in [3.8, 4) is 0 Å². The Kier molecular flexibility index (Phi) is 8.07. The highest BCUT2D eigenvalue weighted by Gasteiger charge is 2.28. The van der Waals surface area contributed by atoms with Crippen LogP contribution in [0.5, 0.6) is 0 Å². The molecule has 0 atom stereocenters. The van der Waals surface area contributed by atoms with Gasteiger partial charge in [0.05, 0.1) is 33.1 Å². The average Bonchev–Trinajstić information content (AvgIpc) is 3.92. The molecule has 0 N–H and O–H groups in total. The van der Waals surface area contributed by atoms with E-state index < -0.39 is 0 Å². The largest absolute Gasteiger partial charge is 0.310 e. The Hall–Kier alpha value is -6.06. The zero-order chi connectivity index (χ0) is 44.6. The molecular weight excluding hydrogens is 763 g/mol. The second kappa shape index (κ2) is 12.8. The van der Waals surface area contributed by atoms with E-state index >= 15 is 0 Å². The standard InChI is InChI=1S/C60H61N3/c1-32-20-42(21-33(2)36(32)5)61(43-22-34(3)37(6)35(4)23-43)41-17-18-44-48-25-39(59(10,11)12)27-50-47-30-54-46(31-55(47)63(56(48)50)53(44)29-41)51-28-40(60(13,14)15)26-49-45-24-38(58(7,8)9)16-19-52(45)62(54)57(49)51/h16-31H,1-15H3. The van der Waals surface area contributed by atoms with Crippen molar-refractivity contribution in [1.29, 1.82) is 0 Å². The number of rotatable bonds is 3. The lowest BCUT2D eigenvalue weighted by molar-refractivity contribution is 0.590. The summed E-state index contributed by atoms with van der Waals surface area (Å²) in [6.07, 6.45) is 0. The van der Waals surface area contributed by atoms with Crippen molar-refractivity contribution in [3.05, 3.63) is 147 Å². The van der Waals surface area contributed by atoms with Gasteiger partial charge in [-0.1, -0.05) is 74.4 Å². The van der Waals surface area contributed by atoms with Crippen molar-refractivity contribution < 1.29 is 0 Å². The van der Waals surface area contributed by atoms with Gasteiger partial charge in [0.25, 0.3) is 0 Å². The predicted molar refractivity (Wildman–Crippen MR) is 275 cm³/mol. The molecule has 4 aromatic heterocycles. The van der Waals surface area contributed by atoms with Crippen LogP contribution in [0.2, 0.25) is 0 Å². The number of hydrogen-bond acceptors (Lipinski definition) is 1. The Morgan fingerprint density at radius 1 is 0.317 bits per heavy atom. The van der Waals surface area contributed by atoms with E-state index in [0.717, 1.165) is 5.69 Å². The summed E-state index contributed by atoms with van der Waals surface area (Å²) in [7, 11) is 0. The van der Waals surface area contributed by atoms with Crippen molar-refractivity contribution >= 4 is 93.3 Å². The first-order valence-corrected chi connectivity index (χ1v) is 23.0. The van der Waals surface area contributed by atoms with E-state index in [4.69, 9.17) is 0 Å². The minimum atomic E-state index is -0.0230. The molecule has 3 nitrogen and oxygen atoms in total. The van der Waals surface area contributed by atoms with E-state index in [1.165, 1.54) is 138 Å². The van der Waals surface area contributed by atoms with Crippen molar-refractivity contribution in [2.75, 3.05) is 4.90 Å². The first-order chi connectivity index (χ1) is 29.6. The first-order valence-electron chi connectivity index (χ1n) is 23.0. The van der Waals surface area contributed by atoms with Crippen LogP contribution < -0.4 is 4.90 Å². The summed E-state index contributed by atoms with van der Waals surface area (Å²) in [5.74, 6) is 0. The number of fused-ring (bicyclic) bond motifs is 12. The third-order valence-corrected chi connectivity index (χ3v) is 15.1. The maximum atomic E-state index is 2.60. The van der Waals surface area contributed by atoms with Gasteiger partial charge in [0.15, 0.2) is 0 Å². The fraction of sp³-hybridized carbons (Fsp3) is 0.300. The lowest BCUT2D eigenvalue weighted by Crippen LogP contribution is -2.12. The molecule has 11 rings (SSSR count). The van der Waals surface area contributed by atoms with Crippen LogP contribution in [0.15, 0.2) is 97.1 Å². The highest BCUT2D eigenvalue weighted by Crippen LogP contribution is 2.49. The molecule has 0 aliphatic carbocycles. The molecule has 7 aromatic carbocycles. The number of aryl methyl sites for hydroxylation is 4. The Morgan fingerprint density at radius 2 is 0.683 bits per heavy atom. The molecule has 0 saturated carbocycles. The monoisotopic (exact) mass is 823 g/mol. The van der Waals surface area contributed by atoms with Gasteiger partial charge in [-0.2, -0.15) is 0 Å². The van der Waals surface area contributed by atoms with Gasteiger partial charge in [0, 0.05) is 60.2 Å². The van der Waals surface area contributed by atoms with Crippen molar-refractivity contribution in [1.82, 2.24) is 8.80 Å². The van der Waals surface area contributed by atoms with Crippen molar-refractivity contribution in [3.63, 3.8) is 0 Å². The van der Waals surface area contributed by atoms with E-state index in [9.17, 15) is 0 Å². The van der Waals surface area contributed by atoms with Crippen molar-refractivity contribution in [2.24, 2.45) is 0 Å². The summed E-state index contributed by atoms with van der Waals surface area (Å²) in [6.45, 7) is 34.5. The number of hydrogen-bond donors (Lipinski definition) is 0. The summed E-state index contributed by atoms with van der Waals surface area (Å²) in [5.41, 5.74) is 23.3. The van der Waals surface area contributed by atoms with Gasteiger partial charge in [-0.05, 0) is 193 Å². The topological polar surface area (TPSA) is 12.1 Å². The summed E-state index contributed by atoms with van der Waals surface area (Å²) in [5, 5.41) is 10.6. The SMILES string of the molecule is Cc1cc(N(c2cc(C)c(C)c(C)c2)c2ccc3c4cc(C(C)(C)C)cc5c6cc7c(cc6n(c3c2)c45)c2cc(C(C)(C)C)cc3c4cc(C(C)(C)C)ccc4n7c32)cc(C)c1C. The maximum absolute atomic E-state index is 2.60.